The van der Waals surface area contributed by atoms with Crippen molar-refractivity contribution >= 4 is 5.97 Å². The van der Waals surface area contributed by atoms with Crippen molar-refractivity contribution in [2.75, 3.05) is 0 Å². The van der Waals surface area contributed by atoms with E-state index in [9.17, 15) is 4.79 Å². The van der Waals surface area contributed by atoms with E-state index in [0.29, 0.717) is 6.54 Å². The molecule has 0 aliphatic heterocycles. The van der Waals surface area contributed by atoms with Crippen molar-refractivity contribution in [1.29, 1.82) is 0 Å². The second-order valence-corrected chi connectivity index (χ2v) is 4.46. The summed E-state index contributed by atoms with van der Waals surface area (Å²) in [4.78, 5) is 10.8. The molecule has 1 aromatic heterocycles. The van der Waals surface area contributed by atoms with Gasteiger partial charge < -0.3 is 14.8 Å². The number of rotatable bonds is 6. The highest BCUT2D eigenvalue weighted by atomic mass is 16.4. The molecule has 1 atom stereocenters. The lowest BCUT2D eigenvalue weighted by molar-refractivity contribution is -0.136. The van der Waals surface area contributed by atoms with Crippen molar-refractivity contribution < 1.29 is 14.3 Å². The van der Waals surface area contributed by atoms with Crippen molar-refractivity contribution in [1.82, 2.24) is 5.32 Å². The van der Waals surface area contributed by atoms with Gasteiger partial charge in [-0.1, -0.05) is 24.3 Å². The molecule has 0 aliphatic rings. The fraction of sp³-hybridized carbons (Fsp3) is 0.267. The maximum atomic E-state index is 10.8. The number of hydrogen-bond donors (Lipinski definition) is 2. The molecule has 4 heteroatoms. The van der Waals surface area contributed by atoms with Crippen LogP contribution in [0.3, 0.4) is 0 Å². The predicted molar refractivity (Wildman–Crippen MR) is 71.7 cm³/mol. The topological polar surface area (TPSA) is 62.5 Å². The zero-order valence-corrected chi connectivity index (χ0v) is 10.8. The lowest BCUT2D eigenvalue weighted by Gasteiger charge is -2.13. The van der Waals surface area contributed by atoms with Crippen molar-refractivity contribution in [2.24, 2.45) is 0 Å². The third kappa shape index (κ3) is 3.69. The van der Waals surface area contributed by atoms with E-state index < -0.39 is 5.97 Å². The van der Waals surface area contributed by atoms with Gasteiger partial charge in [-0.15, -0.1) is 0 Å². The summed E-state index contributed by atoms with van der Waals surface area (Å²) >= 11 is 0. The van der Waals surface area contributed by atoms with Gasteiger partial charge in [0.05, 0.1) is 18.7 Å². The lowest BCUT2D eigenvalue weighted by Crippen LogP contribution is -2.19. The number of carboxylic acids is 1. The molecule has 2 N–H and O–H groups in total. The molecular formula is C15H17NO3. The van der Waals surface area contributed by atoms with Crippen molar-refractivity contribution in [3.8, 4) is 0 Å². The molecule has 0 fully saturated rings. The second-order valence-electron chi connectivity index (χ2n) is 4.46. The molecule has 0 radical (unpaired) electrons. The smallest absolute Gasteiger partial charge is 0.307 e. The lowest BCUT2D eigenvalue weighted by atomic mass is 10.0. The minimum absolute atomic E-state index is 0.0486. The van der Waals surface area contributed by atoms with Crippen molar-refractivity contribution in [2.45, 2.75) is 25.9 Å². The molecule has 2 aromatic rings. The van der Waals surface area contributed by atoms with Crippen LogP contribution in [0.4, 0.5) is 0 Å². The minimum atomic E-state index is -0.813. The summed E-state index contributed by atoms with van der Waals surface area (Å²) in [6, 6.07) is 11.4. The summed E-state index contributed by atoms with van der Waals surface area (Å²) in [5.74, 6) is 0.0576. The van der Waals surface area contributed by atoms with Crippen LogP contribution in [0, 0.1) is 0 Å². The highest BCUT2D eigenvalue weighted by Gasteiger charge is 2.10. The predicted octanol–water partition coefficient (Wildman–Crippen LogP) is 2.76. The number of carboxylic acid groups (broad SMARTS) is 1. The van der Waals surface area contributed by atoms with Gasteiger partial charge in [-0.2, -0.15) is 0 Å². The van der Waals surface area contributed by atoms with Gasteiger partial charge in [0.25, 0.3) is 0 Å². The summed E-state index contributed by atoms with van der Waals surface area (Å²) < 4.78 is 5.32. The Labute approximate surface area is 112 Å². The Bertz CT molecular complexity index is 534. The third-order valence-electron chi connectivity index (χ3n) is 3.03. The summed E-state index contributed by atoms with van der Waals surface area (Å²) in [7, 11) is 0. The minimum Gasteiger partial charge on any atom is -0.481 e. The SMILES string of the molecule is C[C@H](NCc1ccccc1CC(=O)O)c1ccco1. The number of carbonyl (C=O) groups is 1. The first-order valence-corrected chi connectivity index (χ1v) is 6.22. The Hall–Kier alpha value is -2.07. The van der Waals surface area contributed by atoms with E-state index in [2.05, 4.69) is 5.32 Å². The quantitative estimate of drug-likeness (QED) is 0.837. The molecule has 0 saturated carbocycles. The Morgan fingerprint density at radius 1 is 1.26 bits per heavy atom. The van der Waals surface area contributed by atoms with Crippen LogP contribution in [0.2, 0.25) is 0 Å². The Morgan fingerprint density at radius 3 is 2.63 bits per heavy atom. The van der Waals surface area contributed by atoms with Gasteiger partial charge in [-0.05, 0) is 30.2 Å². The van der Waals surface area contributed by atoms with Crippen LogP contribution in [0.1, 0.15) is 29.9 Å². The van der Waals surface area contributed by atoms with Gasteiger partial charge in [0, 0.05) is 6.54 Å². The molecule has 1 aromatic carbocycles. The molecular weight excluding hydrogens is 242 g/mol. The van der Waals surface area contributed by atoms with E-state index in [1.54, 1.807) is 6.26 Å². The summed E-state index contributed by atoms with van der Waals surface area (Å²) in [6.45, 7) is 2.63. The van der Waals surface area contributed by atoms with Crippen LogP contribution in [-0.2, 0) is 17.8 Å². The van der Waals surface area contributed by atoms with Crippen LogP contribution >= 0.6 is 0 Å². The van der Waals surface area contributed by atoms with Crippen LogP contribution in [0.25, 0.3) is 0 Å². The Kier molecular flexibility index (Phi) is 4.36. The molecule has 100 valence electrons. The molecule has 0 spiro atoms. The first-order valence-electron chi connectivity index (χ1n) is 6.22. The first kappa shape index (κ1) is 13.4. The standard InChI is InChI=1S/C15H17NO3/c1-11(14-7-4-8-19-14)16-10-13-6-3-2-5-12(13)9-15(17)18/h2-8,11,16H,9-10H2,1H3,(H,17,18)/t11-/m0/s1. The number of nitrogens with one attached hydrogen (secondary N) is 1. The van der Waals surface area contributed by atoms with E-state index in [1.807, 2.05) is 43.3 Å². The number of hydrogen-bond acceptors (Lipinski definition) is 3. The molecule has 19 heavy (non-hydrogen) atoms. The highest BCUT2D eigenvalue weighted by molar-refractivity contribution is 5.70. The highest BCUT2D eigenvalue weighted by Crippen LogP contribution is 2.15. The van der Waals surface area contributed by atoms with E-state index in [1.165, 1.54) is 0 Å². The Balaban J connectivity index is 2.01. The molecule has 0 amide bonds. The maximum Gasteiger partial charge on any atom is 0.307 e. The van der Waals surface area contributed by atoms with E-state index in [-0.39, 0.29) is 12.5 Å². The van der Waals surface area contributed by atoms with Crippen LogP contribution in [0.5, 0.6) is 0 Å². The van der Waals surface area contributed by atoms with Gasteiger partial charge in [0.1, 0.15) is 5.76 Å². The Morgan fingerprint density at radius 2 is 2.00 bits per heavy atom. The summed E-state index contributed by atoms with van der Waals surface area (Å²) in [5, 5.41) is 12.2. The molecule has 0 aliphatic carbocycles. The monoisotopic (exact) mass is 259 g/mol. The van der Waals surface area contributed by atoms with Gasteiger partial charge >= 0.3 is 5.97 Å². The molecule has 2 rings (SSSR count). The average Bonchev–Trinajstić information content (AvgIpc) is 2.90. The normalized spacial score (nSPS) is 12.3. The number of furan rings is 1. The molecule has 0 bridgehead atoms. The fourth-order valence-electron chi connectivity index (χ4n) is 1.97. The molecule has 0 unspecified atom stereocenters. The van der Waals surface area contributed by atoms with Gasteiger partial charge in [0.2, 0.25) is 0 Å². The van der Waals surface area contributed by atoms with Crippen molar-refractivity contribution in [3.05, 3.63) is 59.5 Å². The average molecular weight is 259 g/mol. The fourth-order valence-corrected chi connectivity index (χ4v) is 1.97. The van der Waals surface area contributed by atoms with Crippen LogP contribution in [-0.4, -0.2) is 11.1 Å². The van der Waals surface area contributed by atoms with E-state index in [0.717, 1.165) is 16.9 Å². The molecule has 4 nitrogen and oxygen atoms in total. The van der Waals surface area contributed by atoms with Crippen molar-refractivity contribution in [3.63, 3.8) is 0 Å². The first-order chi connectivity index (χ1) is 9.16. The van der Waals surface area contributed by atoms with Gasteiger partial charge in [-0.25, -0.2) is 0 Å². The van der Waals surface area contributed by atoms with Gasteiger partial charge in [-0.3, -0.25) is 4.79 Å². The van der Waals surface area contributed by atoms with Gasteiger partial charge in [0.15, 0.2) is 0 Å². The summed E-state index contributed by atoms with van der Waals surface area (Å²) in [6.07, 6.45) is 1.69. The zero-order valence-electron chi connectivity index (χ0n) is 10.8. The van der Waals surface area contributed by atoms with E-state index >= 15 is 0 Å². The van der Waals surface area contributed by atoms with Crippen LogP contribution < -0.4 is 5.32 Å². The van der Waals surface area contributed by atoms with Crippen LogP contribution in [0.15, 0.2) is 47.1 Å². The third-order valence-corrected chi connectivity index (χ3v) is 3.03. The second kappa shape index (κ2) is 6.20. The molecule has 1 heterocycles. The largest absolute Gasteiger partial charge is 0.481 e. The summed E-state index contributed by atoms with van der Waals surface area (Å²) in [5.41, 5.74) is 1.84. The maximum absolute atomic E-state index is 10.8. The zero-order chi connectivity index (χ0) is 13.7. The number of benzene rings is 1. The van der Waals surface area contributed by atoms with E-state index in [4.69, 9.17) is 9.52 Å². The molecule has 0 saturated heterocycles. The number of aliphatic carboxylic acids is 1.